The fraction of sp³-hybridized carbons (Fsp3) is 0.588. The van der Waals surface area contributed by atoms with Gasteiger partial charge in [0.1, 0.15) is 0 Å². The van der Waals surface area contributed by atoms with Gasteiger partial charge in [-0.25, -0.2) is 8.42 Å². The summed E-state index contributed by atoms with van der Waals surface area (Å²) in [6.07, 6.45) is 3.35. The van der Waals surface area contributed by atoms with E-state index < -0.39 is 10.0 Å². The Morgan fingerprint density at radius 3 is 2.62 bits per heavy atom. The molecule has 1 aliphatic heterocycles. The van der Waals surface area contributed by atoms with Gasteiger partial charge in [-0.15, -0.1) is 0 Å². The van der Waals surface area contributed by atoms with E-state index in [9.17, 15) is 13.2 Å². The summed E-state index contributed by atoms with van der Waals surface area (Å²) in [5, 5.41) is 2.88. The molecule has 1 saturated heterocycles. The monoisotopic (exact) mass is 352 g/mol. The van der Waals surface area contributed by atoms with Crippen LogP contribution in [-0.4, -0.2) is 51.0 Å². The molecule has 132 valence electrons. The highest BCUT2D eigenvalue weighted by Crippen LogP contribution is 2.32. The van der Waals surface area contributed by atoms with E-state index in [-0.39, 0.29) is 29.3 Å². The number of hydrogen-bond acceptors (Lipinski definition) is 4. The van der Waals surface area contributed by atoms with E-state index in [4.69, 9.17) is 4.74 Å². The van der Waals surface area contributed by atoms with E-state index >= 15 is 0 Å². The first kappa shape index (κ1) is 17.4. The zero-order valence-corrected chi connectivity index (χ0v) is 14.5. The molecule has 2 atom stereocenters. The van der Waals surface area contributed by atoms with Crippen LogP contribution in [0.3, 0.4) is 0 Å². The van der Waals surface area contributed by atoms with Crippen LogP contribution < -0.4 is 5.32 Å². The quantitative estimate of drug-likeness (QED) is 0.873. The first-order valence-corrected chi connectivity index (χ1v) is 9.97. The predicted octanol–water partition coefficient (Wildman–Crippen LogP) is 1.38. The van der Waals surface area contributed by atoms with Crippen molar-refractivity contribution in [3.05, 3.63) is 30.3 Å². The van der Waals surface area contributed by atoms with Crippen LogP contribution in [0.4, 0.5) is 0 Å². The zero-order valence-electron chi connectivity index (χ0n) is 13.7. The highest BCUT2D eigenvalue weighted by molar-refractivity contribution is 7.89. The van der Waals surface area contributed by atoms with Crippen LogP contribution in [0.5, 0.6) is 0 Å². The SMILES string of the molecule is O=C1NCCOCCN(S(=O)(=O)c2ccccc2)C2CCCCC12. The third-order valence-electron chi connectivity index (χ3n) is 4.79. The zero-order chi connectivity index (χ0) is 17.0. The van der Waals surface area contributed by atoms with Crippen LogP contribution in [0.1, 0.15) is 25.7 Å². The standard InChI is InChI=1S/C17H24N2O4S/c20-17-15-8-4-5-9-16(15)19(11-13-23-12-10-18-17)24(21,22)14-6-2-1-3-7-14/h1-3,6-7,15-16H,4-5,8-13H2,(H,18,20). The molecule has 1 amide bonds. The van der Waals surface area contributed by atoms with Gasteiger partial charge in [-0.3, -0.25) is 4.79 Å². The summed E-state index contributed by atoms with van der Waals surface area (Å²) in [7, 11) is -3.65. The highest BCUT2D eigenvalue weighted by atomic mass is 32.2. The van der Waals surface area contributed by atoms with Gasteiger partial charge in [0.25, 0.3) is 0 Å². The topological polar surface area (TPSA) is 75.7 Å². The number of nitrogens with zero attached hydrogens (tertiary/aromatic N) is 1. The van der Waals surface area contributed by atoms with Crippen molar-refractivity contribution >= 4 is 15.9 Å². The Hall–Kier alpha value is -1.44. The number of sulfonamides is 1. The molecule has 0 spiro atoms. The van der Waals surface area contributed by atoms with Crippen LogP contribution in [0, 0.1) is 5.92 Å². The van der Waals surface area contributed by atoms with Gasteiger partial charge in [-0.05, 0) is 25.0 Å². The van der Waals surface area contributed by atoms with E-state index in [1.165, 1.54) is 4.31 Å². The summed E-state index contributed by atoms with van der Waals surface area (Å²) in [4.78, 5) is 12.8. The first-order valence-electron chi connectivity index (χ1n) is 8.53. The number of carbonyl (C=O) groups is 1. The van der Waals surface area contributed by atoms with Gasteiger partial charge in [0.15, 0.2) is 0 Å². The molecule has 3 rings (SSSR count). The number of nitrogens with one attached hydrogen (secondary N) is 1. The van der Waals surface area contributed by atoms with Crippen molar-refractivity contribution < 1.29 is 17.9 Å². The lowest BCUT2D eigenvalue weighted by Gasteiger charge is -2.39. The Morgan fingerprint density at radius 1 is 1.08 bits per heavy atom. The van der Waals surface area contributed by atoms with Crippen molar-refractivity contribution in [2.45, 2.75) is 36.6 Å². The van der Waals surface area contributed by atoms with Crippen LogP contribution in [-0.2, 0) is 19.6 Å². The molecule has 2 fully saturated rings. The molecular weight excluding hydrogens is 328 g/mol. The Kier molecular flexibility index (Phi) is 5.53. The summed E-state index contributed by atoms with van der Waals surface area (Å²) < 4.78 is 33.3. The molecule has 2 unspecified atom stereocenters. The summed E-state index contributed by atoms with van der Waals surface area (Å²) >= 11 is 0. The van der Waals surface area contributed by atoms with Crippen LogP contribution in [0.15, 0.2) is 35.2 Å². The Labute approximate surface area is 143 Å². The Bertz CT molecular complexity index is 662. The molecule has 1 aromatic carbocycles. The van der Waals surface area contributed by atoms with Gasteiger partial charge in [-0.2, -0.15) is 4.31 Å². The van der Waals surface area contributed by atoms with Gasteiger partial charge in [0, 0.05) is 19.1 Å². The van der Waals surface area contributed by atoms with Gasteiger partial charge in [0.2, 0.25) is 15.9 Å². The summed E-state index contributed by atoms with van der Waals surface area (Å²) in [6.45, 7) is 1.51. The van der Waals surface area contributed by atoms with Crippen LogP contribution >= 0.6 is 0 Å². The average Bonchev–Trinajstić information content (AvgIpc) is 2.61. The smallest absolute Gasteiger partial charge is 0.243 e. The molecule has 1 heterocycles. The normalized spacial score (nSPS) is 27.1. The molecule has 0 aromatic heterocycles. The second kappa shape index (κ2) is 7.63. The molecule has 0 radical (unpaired) electrons. The van der Waals surface area contributed by atoms with E-state index in [2.05, 4.69) is 5.32 Å². The Balaban J connectivity index is 1.96. The lowest BCUT2D eigenvalue weighted by molar-refractivity contribution is -0.128. The number of hydrogen-bond donors (Lipinski definition) is 1. The predicted molar refractivity (Wildman–Crippen MR) is 89.9 cm³/mol. The minimum Gasteiger partial charge on any atom is -0.378 e. The molecule has 24 heavy (non-hydrogen) atoms. The largest absolute Gasteiger partial charge is 0.378 e. The van der Waals surface area contributed by atoms with Gasteiger partial charge < -0.3 is 10.1 Å². The number of fused-ring (bicyclic) bond motifs is 1. The fourth-order valence-corrected chi connectivity index (χ4v) is 5.28. The van der Waals surface area contributed by atoms with Crippen molar-refractivity contribution in [3.63, 3.8) is 0 Å². The molecule has 1 N–H and O–H groups in total. The fourth-order valence-electron chi connectivity index (χ4n) is 3.59. The second-order valence-electron chi connectivity index (χ2n) is 6.29. The lowest BCUT2D eigenvalue weighted by atomic mass is 9.83. The van der Waals surface area contributed by atoms with E-state index in [1.807, 2.05) is 0 Å². The van der Waals surface area contributed by atoms with Crippen LogP contribution in [0.2, 0.25) is 0 Å². The minimum absolute atomic E-state index is 0.0570. The van der Waals surface area contributed by atoms with E-state index in [0.717, 1.165) is 19.3 Å². The summed E-state index contributed by atoms with van der Waals surface area (Å²) in [5.74, 6) is -0.339. The molecule has 2 aliphatic rings. The van der Waals surface area contributed by atoms with Crippen molar-refractivity contribution in [1.29, 1.82) is 0 Å². The lowest BCUT2D eigenvalue weighted by Crippen LogP contribution is -2.52. The average molecular weight is 352 g/mol. The Morgan fingerprint density at radius 2 is 1.83 bits per heavy atom. The van der Waals surface area contributed by atoms with E-state index in [1.54, 1.807) is 30.3 Å². The second-order valence-corrected chi connectivity index (χ2v) is 8.18. The number of ether oxygens (including phenoxy) is 1. The maximum absolute atomic E-state index is 13.2. The first-order chi connectivity index (χ1) is 11.6. The van der Waals surface area contributed by atoms with Gasteiger partial charge in [-0.1, -0.05) is 31.0 Å². The number of amides is 1. The van der Waals surface area contributed by atoms with Crippen molar-refractivity contribution in [2.24, 2.45) is 5.92 Å². The van der Waals surface area contributed by atoms with Gasteiger partial charge >= 0.3 is 0 Å². The maximum Gasteiger partial charge on any atom is 0.243 e. The highest BCUT2D eigenvalue weighted by Gasteiger charge is 2.40. The molecule has 1 saturated carbocycles. The minimum atomic E-state index is -3.65. The maximum atomic E-state index is 13.2. The number of rotatable bonds is 2. The number of carbonyl (C=O) groups excluding carboxylic acids is 1. The molecular formula is C17H24N2O4S. The van der Waals surface area contributed by atoms with Gasteiger partial charge in [0.05, 0.1) is 24.0 Å². The molecule has 6 nitrogen and oxygen atoms in total. The van der Waals surface area contributed by atoms with Crippen molar-refractivity contribution in [1.82, 2.24) is 9.62 Å². The molecule has 7 heteroatoms. The van der Waals surface area contributed by atoms with E-state index in [0.29, 0.717) is 26.2 Å². The number of benzene rings is 1. The molecule has 1 aliphatic carbocycles. The van der Waals surface area contributed by atoms with Crippen molar-refractivity contribution in [3.8, 4) is 0 Å². The molecule has 0 bridgehead atoms. The molecule has 1 aromatic rings. The van der Waals surface area contributed by atoms with Crippen molar-refractivity contribution in [2.75, 3.05) is 26.3 Å². The summed E-state index contributed by atoms with van der Waals surface area (Å²) in [5.41, 5.74) is 0. The third-order valence-corrected chi connectivity index (χ3v) is 6.73. The summed E-state index contributed by atoms with van der Waals surface area (Å²) in [6, 6.07) is 8.14. The van der Waals surface area contributed by atoms with Crippen LogP contribution in [0.25, 0.3) is 0 Å². The third kappa shape index (κ3) is 3.63.